The van der Waals surface area contributed by atoms with Gasteiger partial charge >= 0.3 is 0 Å². The van der Waals surface area contributed by atoms with Gasteiger partial charge in [-0.05, 0) is 37.1 Å². The molecule has 0 saturated carbocycles. The van der Waals surface area contributed by atoms with Crippen LogP contribution in [-0.2, 0) is 11.2 Å². The lowest BCUT2D eigenvalue weighted by Gasteiger charge is -2.10. The Morgan fingerprint density at radius 2 is 2.00 bits per heavy atom. The van der Waals surface area contributed by atoms with E-state index in [1.807, 2.05) is 25.1 Å². The Labute approximate surface area is 144 Å². The number of carbonyl (C=O) groups excluding carboxylic acids is 1. The molecule has 128 valence electrons. The monoisotopic (exact) mass is 351 g/mol. The predicted molar refractivity (Wildman–Crippen MR) is 91.5 cm³/mol. The first-order valence-corrected chi connectivity index (χ1v) is 8.46. The highest BCUT2D eigenvalue weighted by Gasteiger charge is 2.08. The summed E-state index contributed by atoms with van der Waals surface area (Å²) in [5, 5.41) is 2.79. The zero-order chi connectivity index (χ0) is 17.5. The normalized spacial score (nSPS) is 10.5. The molecule has 2 aromatic carbocycles. The largest absolute Gasteiger partial charge is 0.496 e. The zero-order valence-corrected chi connectivity index (χ0v) is 14.4. The third-order valence-electron chi connectivity index (χ3n) is 3.41. The number of rotatable bonds is 7. The number of amides is 1. The summed E-state index contributed by atoms with van der Waals surface area (Å²) < 4.78 is 31.6. The Hall–Kier alpha value is -2.08. The van der Waals surface area contributed by atoms with Crippen LogP contribution in [0.2, 0.25) is 0 Å². The highest BCUT2D eigenvalue weighted by molar-refractivity contribution is 8.00. The molecular weight excluding hydrogens is 332 g/mol. The maximum Gasteiger partial charge on any atom is 0.230 e. The van der Waals surface area contributed by atoms with E-state index in [0.29, 0.717) is 13.0 Å². The van der Waals surface area contributed by atoms with Crippen LogP contribution < -0.4 is 10.1 Å². The summed E-state index contributed by atoms with van der Waals surface area (Å²) in [6, 6.07) is 9.21. The van der Waals surface area contributed by atoms with Crippen molar-refractivity contribution in [3.8, 4) is 5.75 Å². The van der Waals surface area contributed by atoms with Crippen LogP contribution in [0.3, 0.4) is 0 Å². The van der Waals surface area contributed by atoms with Gasteiger partial charge in [0.2, 0.25) is 5.91 Å². The number of carbonyl (C=O) groups is 1. The molecule has 24 heavy (non-hydrogen) atoms. The Balaban J connectivity index is 1.80. The molecule has 0 aliphatic carbocycles. The highest BCUT2D eigenvalue weighted by atomic mass is 32.2. The molecule has 0 aromatic heterocycles. The molecule has 0 spiro atoms. The Kier molecular flexibility index (Phi) is 6.61. The third-order valence-corrected chi connectivity index (χ3v) is 4.45. The number of hydrogen-bond acceptors (Lipinski definition) is 3. The van der Waals surface area contributed by atoms with Crippen molar-refractivity contribution in [2.75, 3.05) is 19.4 Å². The van der Waals surface area contributed by atoms with E-state index < -0.39 is 11.6 Å². The van der Waals surface area contributed by atoms with Crippen LogP contribution in [0.1, 0.15) is 11.1 Å². The first-order valence-electron chi connectivity index (χ1n) is 7.47. The molecule has 1 N–H and O–H groups in total. The average molecular weight is 351 g/mol. The van der Waals surface area contributed by atoms with E-state index in [2.05, 4.69) is 5.32 Å². The summed E-state index contributed by atoms with van der Waals surface area (Å²) in [6.45, 7) is 2.46. The van der Waals surface area contributed by atoms with Gasteiger partial charge in [-0.3, -0.25) is 4.79 Å². The number of halogens is 2. The van der Waals surface area contributed by atoms with Gasteiger partial charge in [-0.15, -0.1) is 11.8 Å². The standard InChI is InChI=1S/C18H19F2NO2S/c1-12-3-5-16(23-2)13(9-12)7-8-21-18(22)11-24-17-6-4-14(19)10-15(17)20/h3-6,9-10H,7-8,11H2,1-2H3,(H,21,22). The summed E-state index contributed by atoms with van der Waals surface area (Å²) in [5.41, 5.74) is 2.15. The van der Waals surface area contributed by atoms with Gasteiger partial charge in [-0.25, -0.2) is 8.78 Å². The maximum atomic E-state index is 13.5. The van der Waals surface area contributed by atoms with Gasteiger partial charge in [-0.1, -0.05) is 17.7 Å². The number of methoxy groups -OCH3 is 1. The van der Waals surface area contributed by atoms with Crippen molar-refractivity contribution in [1.29, 1.82) is 0 Å². The number of benzene rings is 2. The van der Waals surface area contributed by atoms with Crippen LogP contribution >= 0.6 is 11.8 Å². The Morgan fingerprint density at radius 1 is 1.21 bits per heavy atom. The molecule has 0 aliphatic rings. The van der Waals surface area contributed by atoms with Crippen molar-refractivity contribution in [3.63, 3.8) is 0 Å². The summed E-state index contributed by atoms with van der Waals surface area (Å²) >= 11 is 1.04. The molecule has 0 unspecified atom stereocenters. The smallest absolute Gasteiger partial charge is 0.230 e. The first-order chi connectivity index (χ1) is 11.5. The second-order valence-electron chi connectivity index (χ2n) is 5.28. The van der Waals surface area contributed by atoms with Crippen molar-refractivity contribution >= 4 is 17.7 Å². The van der Waals surface area contributed by atoms with Gasteiger partial charge in [-0.2, -0.15) is 0 Å². The van der Waals surface area contributed by atoms with Crippen LogP contribution in [0.15, 0.2) is 41.3 Å². The number of nitrogens with one attached hydrogen (secondary N) is 1. The summed E-state index contributed by atoms with van der Waals surface area (Å²) in [6.07, 6.45) is 0.645. The number of hydrogen-bond donors (Lipinski definition) is 1. The molecule has 0 aliphatic heterocycles. The molecule has 3 nitrogen and oxygen atoms in total. The van der Waals surface area contributed by atoms with Crippen molar-refractivity contribution in [3.05, 3.63) is 59.2 Å². The van der Waals surface area contributed by atoms with Gasteiger partial charge in [0.25, 0.3) is 0 Å². The topological polar surface area (TPSA) is 38.3 Å². The molecule has 0 bridgehead atoms. The molecule has 0 atom stereocenters. The van der Waals surface area contributed by atoms with Crippen LogP contribution in [0.4, 0.5) is 8.78 Å². The summed E-state index contributed by atoms with van der Waals surface area (Å²) in [4.78, 5) is 12.1. The third kappa shape index (κ3) is 5.23. The minimum Gasteiger partial charge on any atom is -0.496 e. The van der Waals surface area contributed by atoms with Crippen LogP contribution in [0.25, 0.3) is 0 Å². The van der Waals surface area contributed by atoms with Crippen molar-refractivity contribution < 1.29 is 18.3 Å². The van der Waals surface area contributed by atoms with E-state index >= 15 is 0 Å². The van der Waals surface area contributed by atoms with Gasteiger partial charge < -0.3 is 10.1 Å². The van der Waals surface area contributed by atoms with E-state index in [4.69, 9.17) is 4.74 Å². The molecule has 6 heteroatoms. The van der Waals surface area contributed by atoms with E-state index in [9.17, 15) is 13.6 Å². The van der Waals surface area contributed by atoms with Gasteiger partial charge in [0, 0.05) is 17.5 Å². The fraction of sp³-hybridized carbons (Fsp3) is 0.278. The number of aryl methyl sites for hydroxylation is 1. The minimum atomic E-state index is -0.655. The van der Waals surface area contributed by atoms with Crippen molar-refractivity contribution in [2.24, 2.45) is 0 Å². The SMILES string of the molecule is COc1ccc(C)cc1CCNC(=O)CSc1ccc(F)cc1F. The fourth-order valence-corrected chi connectivity index (χ4v) is 2.98. The summed E-state index contributed by atoms with van der Waals surface area (Å²) in [7, 11) is 1.61. The van der Waals surface area contributed by atoms with E-state index in [1.165, 1.54) is 12.1 Å². The van der Waals surface area contributed by atoms with Gasteiger partial charge in [0.05, 0.1) is 12.9 Å². The van der Waals surface area contributed by atoms with Gasteiger partial charge in [0.15, 0.2) is 0 Å². The lowest BCUT2D eigenvalue weighted by molar-refractivity contribution is -0.118. The van der Waals surface area contributed by atoms with E-state index in [-0.39, 0.29) is 16.6 Å². The van der Waals surface area contributed by atoms with E-state index in [0.717, 1.165) is 34.7 Å². The summed E-state index contributed by atoms with van der Waals surface area (Å²) in [5.74, 6) is -0.619. The molecule has 0 heterocycles. The lowest BCUT2D eigenvalue weighted by atomic mass is 10.1. The average Bonchev–Trinajstić information content (AvgIpc) is 2.54. The van der Waals surface area contributed by atoms with Crippen molar-refractivity contribution in [2.45, 2.75) is 18.2 Å². The number of ether oxygens (including phenoxy) is 1. The molecule has 0 saturated heterocycles. The maximum absolute atomic E-state index is 13.5. The molecule has 2 rings (SSSR count). The quantitative estimate of drug-likeness (QED) is 0.773. The highest BCUT2D eigenvalue weighted by Crippen LogP contribution is 2.22. The number of thioether (sulfide) groups is 1. The predicted octanol–water partition coefficient (Wildman–Crippen LogP) is 3.73. The van der Waals surface area contributed by atoms with Crippen LogP contribution in [0.5, 0.6) is 5.75 Å². The molecule has 0 fully saturated rings. The lowest BCUT2D eigenvalue weighted by Crippen LogP contribution is -2.27. The van der Waals surface area contributed by atoms with Crippen LogP contribution in [-0.4, -0.2) is 25.3 Å². The minimum absolute atomic E-state index is 0.0769. The molecular formula is C18H19F2NO2S. The van der Waals surface area contributed by atoms with Crippen LogP contribution in [0, 0.1) is 18.6 Å². The Morgan fingerprint density at radius 3 is 2.71 bits per heavy atom. The first kappa shape index (κ1) is 18.3. The Bertz CT molecular complexity index is 722. The zero-order valence-electron chi connectivity index (χ0n) is 13.6. The van der Waals surface area contributed by atoms with E-state index in [1.54, 1.807) is 7.11 Å². The molecule has 2 aromatic rings. The second kappa shape index (κ2) is 8.68. The van der Waals surface area contributed by atoms with Gasteiger partial charge in [0.1, 0.15) is 17.4 Å². The molecule has 0 radical (unpaired) electrons. The molecule has 1 amide bonds. The van der Waals surface area contributed by atoms with Crippen molar-refractivity contribution in [1.82, 2.24) is 5.32 Å². The second-order valence-corrected chi connectivity index (χ2v) is 6.30. The fourth-order valence-electron chi connectivity index (χ4n) is 2.23.